The highest BCUT2D eigenvalue weighted by Gasteiger charge is 2.34. The van der Waals surface area contributed by atoms with Gasteiger partial charge in [-0.2, -0.15) is 13.2 Å². The number of nitrogens with one attached hydrogen (secondary N) is 1. The van der Waals surface area contributed by atoms with E-state index in [0.717, 1.165) is 6.07 Å². The maximum atomic E-state index is 13.5. The molecule has 2 aromatic rings. The molecule has 0 saturated heterocycles. The molecule has 0 spiro atoms. The zero-order valence-corrected chi connectivity index (χ0v) is 11.9. The molecule has 0 fully saturated rings. The molecule has 23 heavy (non-hydrogen) atoms. The average molecular weight is 325 g/mol. The van der Waals surface area contributed by atoms with Crippen LogP contribution >= 0.6 is 0 Å². The first kappa shape index (κ1) is 16.7. The summed E-state index contributed by atoms with van der Waals surface area (Å²) in [5, 5.41) is 2.27. The van der Waals surface area contributed by atoms with Crippen LogP contribution in [0, 0.1) is 5.82 Å². The maximum Gasteiger partial charge on any atom is 0.419 e. The number of hydrogen-bond acceptors (Lipinski definition) is 2. The average Bonchev–Trinajstić information content (AvgIpc) is 2.45. The van der Waals surface area contributed by atoms with Crippen molar-refractivity contribution in [2.45, 2.75) is 13.1 Å². The van der Waals surface area contributed by atoms with E-state index in [4.69, 9.17) is 0 Å². The highest BCUT2D eigenvalue weighted by Crippen LogP contribution is 2.32. The number of ketones is 1. The number of carbonyl (C=O) groups is 2. The second-order valence-corrected chi connectivity index (χ2v) is 4.75. The Balaban J connectivity index is 2.28. The quantitative estimate of drug-likeness (QED) is 0.675. The fourth-order valence-electron chi connectivity index (χ4n) is 2.01. The van der Waals surface area contributed by atoms with E-state index in [0.29, 0.717) is 12.1 Å². The van der Waals surface area contributed by atoms with E-state index < -0.39 is 23.5 Å². The van der Waals surface area contributed by atoms with Gasteiger partial charge in [-0.1, -0.05) is 18.2 Å². The van der Waals surface area contributed by atoms with Crippen molar-refractivity contribution in [1.82, 2.24) is 0 Å². The molecule has 120 valence electrons. The molecule has 1 amide bonds. The number of anilines is 1. The van der Waals surface area contributed by atoms with Crippen molar-refractivity contribution in [3.8, 4) is 0 Å². The Kier molecular flexibility index (Phi) is 4.49. The van der Waals surface area contributed by atoms with Gasteiger partial charge in [-0.05, 0) is 31.2 Å². The van der Waals surface area contributed by atoms with Crippen LogP contribution in [-0.2, 0) is 6.18 Å². The number of alkyl halides is 3. The van der Waals surface area contributed by atoms with Gasteiger partial charge in [-0.15, -0.1) is 0 Å². The van der Waals surface area contributed by atoms with Crippen LogP contribution in [0.4, 0.5) is 23.2 Å². The van der Waals surface area contributed by atoms with E-state index in [9.17, 15) is 27.2 Å². The third-order valence-corrected chi connectivity index (χ3v) is 3.08. The molecule has 0 atom stereocenters. The van der Waals surface area contributed by atoms with Crippen LogP contribution in [0.2, 0.25) is 0 Å². The van der Waals surface area contributed by atoms with Gasteiger partial charge in [0.2, 0.25) is 0 Å². The topological polar surface area (TPSA) is 46.2 Å². The van der Waals surface area contributed by atoms with Gasteiger partial charge in [0.15, 0.2) is 5.78 Å². The largest absolute Gasteiger partial charge is 0.419 e. The van der Waals surface area contributed by atoms with E-state index >= 15 is 0 Å². The van der Waals surface area contributed by atoms with Crippen molar-refractivity contribution in [3.63, 3.8) is 0 Å². The van der Waals surface area contributed by atoms with Crippen LogP contribution in [-0.4, -0.2) is 11.7 Å². The van der Waals surface area contributed by atoms with Gasteiger partial charge >= 0.3 is 6.18 Å². The first-order valence-electron chi connectivity index (χ1n) is 6.48. The lowest BCUT2D eigenvalue weighted by atomic mass is 10.0. The molecule has 2 aromatic carbocycles. The summed E-state index contributed by atoms with van der Waals surface area (Å²) in [6.45, 7) is 1.28. The second kappa shape index (κ2) is 6.20. The van der Waals surface area contributed by atoms with E-state index in [-0.39, 0.29) is 22.6 Å². The third-order valence-electron chi connectivity index (χ3n) is 3.08. The molecule has 0 unspecified atom stereocenters. The predicted octanol–water partition coefficient (Wildman–Crippen LogP) is 4.30. The summed E-state index contributed by atoms with van der Waals surface area (Å²) < 4.78 is 50.9. The zero-order valence-electron chi connectivity index (χ0n) is 11.9. The molecule has 0 aliphatic carbocycles. The molecule has 0 aromatic heterocycles. The first-order valence-corrected chi connectivity index (χ1v) is 6.48. The van der Waals surface area contributed by atoms with Gasteiger partial charge in [-0.3, -0.25) is 9.59 Å². The fraction of sp³-hybridized carbons (Fsp3) is 0.125. The Morgan fingerprint density at radius 3 is 2.13 bits per heavy atom. The lowest BCUT2D eigenvalue weighted by Crippen LogP contribution is -2.16. The molecule has 7 heteroatoms. The van der Waals surface area contributed by atoms with Gasteiger partial charge < -0.3 is 5.32 Å². The Hall–Kier alpha value is -2.70. The van der Waals surface area contributed by atoms with Crippen molar-refractivity contribution in [1.29, 1.82) is 0 Å². The molecule has 0 saturated carbocycles. The number of rotatable bonds is 3. The van der Waals surface area contributed by atoms with Crippen molar-refractivity contribution in [2.75, 3.05) is 5.32 Å². The number of carbonyl (C=O) groups excluding carboxylic acids is 2. The van der Waals surface area contributed by atoms with E-state index in [1.807, 2.05) is 0 Å². The highest BCUT2D eigenvalue weighted by molar-refractivity contribution is 6.12. The number of halogens is 4. The van der Waals surface area contributed by atoms with Crippen molar-refractivity contribution < 1.29 is 27.2 Å². The minimum absolute atomic E-state index is 0.0558. The summed E-state index contributed by atoms with van der Waals surface area (Å²) in [5.41, 5.74) is -1.34. The molecule has 0 heterocycles. The van der Waals surface area contributed by atoms with Crippen LogP contribution in [0.5, 0.6) is 0 Å². The Labute approximate surface area is 128 Å². The van der Waals surface area contributed by atoms with Crippen LogP contribution in [0.25, 0.3) is 0 Å². The number of Topliss-reactive ketones (excluding diaryl/α,β-unsaturated/α-hetero) is 1. The van der Waals surface area contributed by atoms with E-state index in [1.165, 1.54) is 25.1 Å². The molecular formula is C16H11F4NO2. The molecule has 0 aliphatic heterocycles. The summed E-state index contributed by atoms with van der Waals surface area (Å²) >= 11 is 0. The Morgan fingerprint density at radius 1 is 1.00 bits per heavy atom. The molecule has 0 aliphatic rings. The van der Waals surface area contributed by atoms with Gasteiger partial charge in [0.05, 0.1) is 11.1 Å². The number of amides is 1. The van der Waals surface area contributed by atoms with Gasteiger partial charge in [0.25, 0.3) is 5.91 Å². The summed E-state index contributed by atoms with van der Waals surface area (Å²) in [5.74, 6) is -2.54. The van der Waals surface area contributed by atoms with Crippen LogP contribution in [0.3, 0.4) is 0 Å². The molecule has 3 nitrogen and oxygen atoms in total. The van der Waals surface area contributed by atoms with E-state index in [1.54, 1.807) is 6.07 Å². The minimum Gasteiger partial charge on any atom is -0.322 e. The summed E-state index contributed by atoms with van der Waals surface area (Å²) in [6, 6.07) is 8.02. The standard InChI is InChI=1S/C16H11F4NO2/c1-9(22)11-4-2-3-5-12(11)15(23)21-10-6-7-13(14(17)8-10)16(18,19)20/h2-8H,1H3,(H,21,23). The Bertz CT molecular complexity index is 769. The molecule has 0 radical (unpaired) electrons. The molecule has 2 rings (SSSR count). The van der Waals surface area contributed by atoms with Gasteiger partial charge in [-0.25, -0.2) is 4.39 Å². The van der Waals surface area contributed by atoms with E-state index in [2.05, 4.69) is 5.32 Å². The van der Waals surface area contributed by atoms with Crippen LogP contribution in [0.15, 0.2) is 42.5 Å². The van der Waals surface area contributed by atoms with Gasteiger partial charge in [0.1, 0.15) is 5.82 Å². The normalized spacial score (nSPS) is 11.2. The maximum absolute atomic E-state index is 13.5. The lowest BCUT2D eigenvalue weighted by Gasteiger charge is -2.11. The summed E-state index contributed by atoms with van der Waals surface area (Å²) in [4.78, 5) is 23.6. The monoisotopic (exact) mass is 325 g/mol. The van der Waals surface area contributed by atoms with Crippen molar-refractivity contribution >= 4 is 17.4 Å². The predicted molar refractivity (Wildman–Crippen MR) is 75.8 cm³/mol. The number of benzene rings is 2. The zero-order chi connectivity index (χ0) is 17.2. The number of hydrogen-bond donors (Lipinski definition) is 1. The second-order valence-electron chi connectivity index (χ2n) is 4.75. The first-order chi connectivity index (χ1) is 10.7. The minimum atomic E-state index is -4.81. The fourth-order valence-corrected chi connectivity index (χ4v) is 2.01. The highest BCUT2D eigenvalue weighted by atomic mass is 19.4. The third kappa shape index (κ3) is 3.74. The Morgan fingerprint density at radius 2 is 1.61 bits per heavy atom. The van der Waals surface area contributed by atoms with Crippen LogP contribution in [0.1, 0.15) is 33.2 Å². The van der Waals surface area contributed by atoms with Crippen LogP contribution < -0.4 is 5.32 Å². The van der Waals surface area contributed by atoms with Crippen molar-refractivity contribution in [3.05, 3.63) is 65.0 Å². The molecular weight excluding hydrogens is 314 g/mol. The lowest BCUT2D eigenvalue weighted by molar-refractivity contribution is -0.139. The molecule has 0 bridgehead atoms. The summed E-state index contributed by atoms with van der Waals surface area (Å²) in [7, 11) is 0. The smallest absolute Gasteiger partial charge is 0.322 e. The van der Waals surface area contributed by atoms with Crippen molar-refractivity contribution in [2.24, 2.45) is 0 Å². The SMILES string of the molecule is CC(=O)c1ccccc1C(=O)Nc1ccc(C(F)(F)F)c(F)c1. The molecule has 1 N–H and O–H groups in total. The van der Waals surface area contributed by atoms with Gasteiger partial charge in [0, 0.05) is 11.3 Å². The summed E-state index contributed by atoms with van der Waals surface area (Å²) in [6.07, 6.45) is -4.81.